The van der Waals surface area contributed by atoms with Crippen molar-refractivity contribution in [2.45, 2.75) is 6.92 Å². The fourth-order valence-corrected chi connectivity index (χ4v) is 2.71. The van der Waals surface area contributed by atoms with Crippen molar-refractivity contribution in [3.05, 3.63) is 46.4 Å². The smallest absolute Gasteiger partial charge is 0.344 e. The molecule has 0 aliphatic rings. The first-order valence-corrected chi connectivity index (χ1v) is 7.98. The third-order valence-corrected chi connectivity index (χ3v) is 4.19. The second kappa shape index (κ2) is 7.11. The van der Waals surface area contributed by atoms with Crippen molar-refractivity contribution in [1.82, 2.24) is 5.16 Å². The van der Waals surface area contributed by atoms with Gasteiger partial charge in [0.2, 0.25) is 0 Å². The van der Waals surface area contributed by atoms with E-state index in [9.17, 15) is 4.79 Å². The van der Waals surface area contributed by atoms with Gasteiger partial charge in [-0.05, 0) is 31.2 Å². The predicted octanol–water partition coefficient (Wildman–Crippen LogP) is 4.74. The monoisotopic (exact) mass is 365 g/mol. The van der Waals surface area contributed by atoms with Crippen LogP contribution in [0.5, 0.6) is 5.75 Å². The summed E-state index contributed by atoms with van der Waals surface area (Å²) in [6.07, 6.45) is 0. The molecule has 1 aromatic heterocycles. The molecule has 2 aromatic carbocycles. The molecular formula is C17H13Cl2NO4. The summed E-state index contributed by atoms with van der Waals surface area (Å²) in [5.41, 5.74) is 1.87. The van der Waals surface area contributed by atoms with Gasteiger partial charge in [0.25, 0.3) is 0 Å². The number of benzene rings is 2. The zero-order valence-corrected chi connectivity index (χ0v) is 14.2. The number of hydrogen-bond donors (Lipinski definition) is 0. The number of carbonyl (C=O) groups is 1. The molecule has 0 amide bonds. The number of para-hydroxylation sites is 1. The van der Waals surface area contributed by atoms with Gasteiger partial charge in [0.1, 0.15) is 16.5 Å². The van der Waals surface area contributed by atoms with Crippen molar-refractivity contribution >= 4 is 40.1 Å². The summed E-state index contributed by atoms with van der Waals surface area (Å²) < 4.78 is 15.4. The van der Waals surface area contributed by atoms with Crippen LogP contribution in [0.15, 0.2) is 40.9 Å². The van der Waals surface area contributed by atoms with E-state index >= 15 is 0 Å². The first-order valence-electron chi connectivity index (χ1n) is 7.23. The highest BCUT2D eigenvalue weighted by atomic mass is 35.5. The lowest BCUT2D eigenvalue weighted by atomic mass is 10.1. The molecule has 5 nitrogen and oxygen atoms in total. The Morgan fingerprint density at radius 2 is 1.96 bits per heavy atom. The van der Waals surface area contributed by atoms with E-state index in [-0.39, 0.29) is 23.3 Å². The number of ether oxygens (including phenoxy) is 2. The lowest BCUT2D eigenvalue weighted by Crippen LogP contribution is -2.14. The summed E-state index contributed by atoms with van der Waals surface area (Å²) in [5, 5.41) is 5.37. The van der Waals surface area contributed by atoms with Crippen molar-refractivity contribution < 1.29 is 18.8 Å². The molecule has 3 rings (SSSR count). The summed E-state index contributed by atoms with van der Waals surface area (Å²) in [4.78, 5) is 11.4. The molecule has 0 aliphatic heterocycles. The number of rotatable bonds is 5. The minimum atomic E-state index is -0.476. The molecule has 0 radical (unpaired) electrons. The molecule has 0 atom stereocenters. The third-order valence-electron chi connectivity index (χ3n) is 3.33. The van der Waals surface area contributed by atoms with Gasteiger partial charge in [-0.25, -0.2) is 4.79 Å². The Morgan fingerprint density at radius 1 is 1.17 bits per heavy atom. The maximum atomic E-state index is 11.4. The standard InChI is InChI=1S/C17H13Cl2NO4/c1-2-22-14(21)9-23-13-8-7-11(15(18)16(13)19)17-10-5-3-4-6-12(10)24-20-17/h3-8H,2,9H2,1H3. The summed E-state index contributed by atoms with van der Waals surface area (Å²) >= 11 is 12.6. The average molecular weight is 366 g/mol. The molecule has 1 heterocycles. The van der Waals surface area contributed by atoms with Gasteiger partial charge in [-0.1, -0.05) is 40.5 Å². The van der Waals surface area contributed by atoms with Crippen LogP contribution in [0, 0.1) is 0 Å². The molecule has 124 valence electrons. The molecule has 0 fully saturated rings. The van der Waals surface area contributed by atoms with Crippen molar-refractivity contribution in [2.24, 2.45) is 0 Å². The van der Waals surface area contributed by atoms with Gasteiger partial charge >= 0.3 is 5.97 Å². The molecule has 0 saturated carbocycles. The van der Waals surface area contributed by atoms with E-state index in [4.69, 9.17) is 37.2 Å². The maximum absolute atomic E-state index is 11.4. The van der Waals surface area contributed by atoms with Crippen molar-refractivity contribution in [2.75, 3.05) is 13.2 Å². The van der Waals surface area contributed by atoms with Gasteiger partial charge in [-0.15, -0.1) is 0 Å². The number of fused-ring (bicyclic) bond motifs is 1. The first-order chi connectivity index (χ1) is 11.6. The summed E-state index contributed by atoms with van der Waals surface area (Å²) in [6.45, 7) is 1.77. The minimum absolute atomic E-state index is 0.200. The van der Waals surface area contributed by atoms with Gasteiger partial charge in [-0.3, -0.25) is 0 Å². The van der Waals surface area contributed by atoms with Gasteiger partial charge in [-0.2, -0.15) is 0 Å². The molecule has 3 aromatic rings. The Bertz CT molecular complexity index is 891. The van der Waals surface area contributed by atoms with Crippen molar-refractivity contribution in [1.29, 1.82) is 0 Å². The second-order valence-corrected chi connectivity index (χ2v) is 5.62. The number of hydrogen-bond acceptors (Lipinski definition) is 5. The van der Waals surface area contributed by atoms with Crippen LogP contribution in [0.25, 0.3) is 22.2 Å². The van der Waals surface area contributed by atoms with Crippen LogP contribution in [-0.2, 0) is 9.53 Å². The van der Waals surface area contributed by atoms with Gasteiger partial charge in [0.15, 0.2) is 12.2 Å². The Morgan fingerprint density at radius 3 is 2.75 bits per heavy atom. The van der Waals surface area contributed by atoms with Crippen LogP contribution in [-0.4, -0.2) is 24.3 Å². The minimum Gasteiger partial charge on any atom is -0.480 e. The highest BCUT2D eigenvalue weighted by molar-refractivity contribution is 6.44. The predicted molar refractivity (Wildman–Crippen MR) is 91.6 cm³/mol. The molecular weight excluding hydrogens is 353 g/mol. The summed E-state index contributed by atoms with van der Waals surface area (Å²) in [5.74, 6) is -0.178. The van der Waals surface area contributed by atoms with E-state index in [0.717, 1.165) is 5.39 Å². The van der Waals surface area contributed by atoms with E-state index in [1.54, 1.807) is 19.1 Å². The Labute approximate surface area is 148 Å². The van der Waals surface area contributed by atoms with Crippen LogP contribution in [0.3, 0.4) is 0 Å². The number of halogens is 2. The van der Waals surface area contributed by atoms with Crippen LogP contribution in [0.2, 0.25) is 10.0 Å². The van der Waals surface area contributed by atoms with E-state index in [1.807, 2.05) is 24.3 Å². The Kier molecular flexibility index (Phi) is 4.92. The first kappa shape index (κ1) is 16.6. The average Bonchev–Trinajstić information content (AvgIpc) is 3.00. The molecule has 0 saturated heterocycles. The SMILES string of the molecule is CCOC(=O)COc1ccc(-c2noc3ccccc23)c(Cl)c1Cl. The van der Waals surface area contributed by atoms with Crippen LogP contribution in [0.1, 0.15) is 6.92 Å². The summed E-state index contributed by atoms with van der Waals surface area (Å²) in [6, 6.07) is 10.8. The normalized spacial score (nSPS) is 10.8. The number of aromatic nitrogens is 1. The molecule has 0 aliphatic carbocycles. The third kappa shape index (κ3) is 3.18. The zero-order valence-electron chi connectivity index (χ0n) is 12.7. The number of nitrogens with zero attached hydrogens (tertiary/aromatic N) is 1. The lowest BCUT2D eigenvalue weighted by molar-refractivity contribution is -0.145. The van der Waals surface area contributed by atoms with Gasteiger partial charge < -0.3 is 14.0 Å². The summed E-state index contributed by atoms with van der Waals surface area (Å²) in [7, 11) is 0. The van der Waals surface area contributed by atoms with Gasteiger partial charge in [0.05, 0.1) is 11.6 Å². The van der Waals surface area contributed by atoms with Gasteiger partial charge in [0, 0.05) is 10.9 Å². The van der Waals surface area contributed by atoms with E-state index in [2.05, 4.69) is 5.16 Å². The Balaban J connectivity index is 1.91. The fraction of sp³-hybridized carbons (Fsp3) is 0.176. The second-order valence-electron chi connectivity index (χ2n) is 4.86. The quantitative estimate of drug-likeness (QED) is 0.610. The molecule has 0 bridgehead atoms. The molecule has 0 spiro atoms. The van der Waals surface area contributed by atoms with Crippen LogP contribution in [0.4, 0.5) is 0 Å². The lowest BCUT2D eigenvalue weighted by Gasteiger charge is -2.10. The molecule has 0 N–H and O–H groups in total. The topological polar surface area (TPSA) is 61.6 Å². The maximum Gasteiger partial charge on any atom is 0.344 e. The highest BCUT2D eigenvalue weighted by Crippen LogP contribution is 2.41. The van der Waals surface area contributed by atoms with E-state index in [0.29, 0.717) is 22.6 Å². The zero-order chi connectivity index (χ0) is 17.1. The molecule has 7 heteroatoms. The van der Waals surface area contributed by atoms with E-state index in [1.165, 1.54) is 0 Å². The number of esters is 1. The highest BCUT2D eigenvalue weighted by Gasteiger charge is 2.18. The fourth-order valence-electron chi connectivity index (χ4n) is 2.25. The Hall–Kier alpha value is -2.24. The molecule has 24 heavy (non-hydrogen) atoms. The van der Waals surface area contributed by atoms with Crippen molar-refractivity contribution in [3.63, 3.8) is 0 Å². The largest absolute Gasteiger partial charge is 0.480 e. The molecule has 0 unspecified atom stereocenters. The van der Waals surface area contributed by atoms with E-state index < -0.39 is 5.97 Å². The van der Waals surface area contributed by atoms with Crippen LogP contribution < -0.4 is 4.74 Å². The van der Waals surface area contributed by atoms with Crippen molar-refractivity contribution in [3.8, 4) is 17.0 Å². The van der Waals surface area contributed by atoms with Crippen LogP contribution >= 0.6 is 23.2 Å². The number of carbonyl (C=O) groups excluding carboxylic acids is 1.